The standard InChI is InChI=1S/C8H9Cl2N3/c9-7-6(5-2-1-3-11-5)8(10)13-4-12-7/h4-5,11H,1-3H2. The van der Waals surface area contributed by atoms with Crippen LogP contribution in [0.5, 0.6) is 0 Å². The molecule has 1 aromatic rings. The molecule has 1 aliphatic heterocycles. The third kappa shape index (κ3) is 1.77. The minimum Gasteiger partial charge on any atom is -0.310 e. The van der Waals surface area contributed by atoms with E-state index < -0.39 is 0 Å². The van der Waals surface area contributed by atoms with E-state index in [0.29, 0.717) is 10.3 Å². The van der Waals surface area contributed by atoms with Crippen molar-refractivity contribution in [3.8, 4) is 0 Å². The summed E-state index contributed by atoms with van der Waals surface area (Å²) in [5.74, 6) is 0. The van der Waals surface area contributed by atoms with Crippen molar-refractivity contribution < 1.29 is 0 Å². The average Bonchev–Trinajstić information content (AvgIpc) is 2.57. The van der Waals surface area contributed by atoms with E-state index in [4.69, 9.17) is 23.2 Å². The molecule has 1 aromatic heterocycles. The normalized spacial score (nSPS) is 22.2. The monoisotopic (exact) mass is 217 g/mol. The van der Waals surface area contributed by atoms with Crippen LogP contribution in [0.15, 0.2) is 6.33 Å². The van der Waals surface area contributed by atoms with Gasteiger partial charge in [-0.3, -0.25) is 0 Å². The Balaban J connectivity index is 2.37. The highest BCUT2D eigenvalue weighted by atomic mass is 35.5. The minimum absolute atomic E-state index is 0.223. The Labute approximate surface area is 86.5 Å². The summed E-state index contributed by atoms with van der Waals surface area (Å²) < 4.78 is 0. The van der Waals surface area contributed by atoms with E-state index in [1.165, 1.54) is 6.33 Å². The molecule has 5 heteroatoms. The zero-order valence-corrected chi connectivity index (χ0v) is 8.44. The quantitative estimate of drug-likeness (QED) is 0.734. The predicted octanol–water partition coefficient (Wildman–Crippen LogP) is 2.21. The molecule has 0 bridgehead atoms. The summed E-state index contributed by atoms with van der Waals surface area (Å²) in [7, 11) is 0. The van der Waals surface area contributed by atoms with E-state index >= 15 is 0 Å². The van der Waals surface area contributed by atoms with E-state index in [1.54, 1.807) is 0 Å². The summed E-state index contributed by atoms with van der Waals surface area (Å²) in [5, 5.41) is 4.22. The van der Waals surface area contributed by atoms with E-state index in [0.717, 1.165) is 24.9 Å². The number of rotatable bonds is 1. The molecule has 1 aliphatic rings. The largest absolute Gasteiger partial charge is 0.310 e. The van der Waals surface area contributed by atoms with E-state index in [1.807, 2.05) is 0 Å². The maximum Gasteiger partial charge on any atom is 0.138 e. The fourth-order valence-corrected chi connectivity index (χ4v) is 2.15. The van der Waals surface area contributed by atoms with Crippen LogP contribution < -0.4 is 5.32 Å². The first-order valence-corrected chi connectivity index (χ1v) is 4.94. The van der Waals surface area contributed by atoms with Gasteiger partial charge in [-0.25, -0.2) is 9.97 Å². The Bertz CT molecular complexity index is 290. The molecule has 13 heavy (non-hydrogen) atoms. The highest BCUT2D eigenvalue weighted by Gasteiger charge is 2.22. The van der Waals surface area contributed by atoms with Crippen molar-refractivity contribution in [2.75, 3.05) is 6.54 Å². The molecule has 70 valence electrons. The average molecular weight is 218 g/mol. The Morgan fingerprint density at radius 2 is 2.00 bits per heavy atom. The predicted molar refractivity (Wildman–Crippen MR) is 52.0 cm³/mol. The minimum atomic E-state index is 0.223. The third-order valence-corrected chi connectivity index (χ3v) is 2.80. The van der Waals surface area contributed by atoms with Crippen LogP contribution in [0.4, 0.5) is 0 Å². The van der Waals surface area contributed by atoms with Crippen LogP contribution in [0.25, 0.3) is 0 Å². The van der Waals surface area contributed by atoms with Crippen LogP contribution in [0.2, 0.25) is 10.3 Å². The van der Waals surface area contributed by atoms with Crippen LogP contribution >= 0.6 is 23.2 Å². The molecule has 0 saturated carbocycles. The fraction of sp³-hybridized carbons (Fsp3) is 0.500. The molecule has 0 spiro atoms. The van der Waals surface area contributed by atoms with Crippen LogP contribution in [0.1, 0.15) is 24.4 Å². The van der Waals surface area contributed by atoms with Gasteiger partial charge >= 0.3 is 0 Å². The topological polar surface area (TPSA) is 37.8 Å². The second-order valence-electron chi connectivity index (χ2n) is 3.02. The molecule has 1 atom stereocenters. The summed E-state index contributed by atoms with van der Waals surface area (Å²) in [4.78, 5) is 7.83. The van der Waals surface area contributed by atoms with Gasteiger partial charge in [0.15, 0.2) is 0 Å². The lowest BCUT2D eigenvalue weighted by molar-refractivity contribution is 0.642. The Kier molecular flexibility index (Phi) is 2.67. The van der Waals surface area contributed by atoms with Crippen LogP contribution in [-0.2, 0) is 0 Å². The second kappa shape index (κ2) is 3.78. The van der Waals surface area contributed by atoms with Gasteiger partial charge in [-0.1, -0.05) is 23.2 Å². The summed E-state index contributed by atoms with van der Waals surface area (Å²) in [6.07, 6.45) is 3.57. The molecular formula is C8H9Cl2N3. The van der Waals surface area contributed by atoms with Crippen molar-refractivity contribution in [1.29, 1.82) is 0 Å². The molecule has 2 rings (SSSR count). The zero-order chi connectivity index (χ0) is 9.26. The second-order valence-corrected chi connectivity index (χ2v) is 3.73. The first-order valence-electron chi connectivity index (χ1n) is 4.18. The molecule has 1 fully saturated rings. The van der Waals surface area contributed by atoms with Gasteiger partial charge in [0.2, 0.25) is 0 Å². The molecule has 3 nitrogen and oxygen atoms in total. The number of nitrogens with one attached hydrogen (secondary N) is 1. The molecule has 0 amide bonds. The number of hydrogen-bond donors (Lipinski definition) is 1. The van der Waals surface area contributed by atoms with Gasteiger partial charge in [0, 0.05) is 11.6 Å². The maximum atomic E-state index is 5.93. The molecule has 0 aromatic carbocycles. The van der Waals surface area contributed by atoms with Gasteiger partial charge in [0.25, 0.3) is 0 Å². The number of aromatic nitrogens is 2. The van der Waals surface area contributed by atoms with Gasteiger partial charge in [-0.2, -0.15) is 0 Å². The summed E-state index contributed by atoms with van der Waals surface area (Å²) >= 11 is 11.9. The van der Waals surface area contributed by atoms with Gasteiger partial charge < -0.3 is 5.32 Å². The Morgan fingerprint density at radius 3 is 2.54 bits per heavy atom. The van der Waals surface area contributed by atoms with E-state index in [9.17, 15) is 0 Å². The summed E-state index contributed by atoms with van der Waals surface area (Å²) in [6.45, 7) is 1.01. The van der Waals surface area contributed by atoms with Gasteiger partial charge in [0.05, 0.1) is 0 Å². The number of hydrogen-bond acceptors (Lipinski definition) is 3. The Hall–Kier alpha value is -0.380. The van der Waals surface area contributed by atoms with Crippen molar-refractivity contribution in [3.63, 3.8) is 0 Å². The Morgan fingerprint density at radius 1 is 1.31 bits per heavy atom. The summed E-state index contributed by atoms with van der Waals surface area (Å²) in [6, 6.07) is 0.223. The van der Waals surface area contributed by atoms with E-state index in [2.05, 4.69) is 15.3 Å². The molecule has 1 unspecified atom stereocenters. The van der Waals surface area contributed by atoms with Gasteiger partial charge in [-0.05, 0) is 19.4 Å². The molecule has 0 radical (unpaired) electrons. The lowest BCUT2D eigenvalue weighted by Crippen LogP contribution is -2.14. The smallest absolute Gasteiger partial charge is 0.138 e. The zero-order valence-electron chi connectivity index (χ0n) is 6.93. The highest BCUT2D eigenvalue weighted by Crippen LogP contribution is 2.31. The van der Waals surface area contributed by atoms with Crippen LogP contribution in [-0.4, -0.2) is 16.5 Å². The fourth-order valence-electron chi connectivity index (χ4n) is 1.57. The SMILES string of the molecule is Clc1ncnc(Cl)c1C1CCCN1. The summed E-state index contributed by atoms with van der Waals surface area (Å²) in [5.41, 5.74) is 0.836. The van der Waals surface area contributed by atoms with Crippen molar-refractivity contribution in [2.45, 2.75) is 18.9 Å². The first-order chi connectivity index (χ1) is 6.29. The van der Waals surface area contributed by atoms with Crippen molar-refractivity contribution in [1.82, 2.24) is 15.3 Å². The first kappa shape index (κ1) is 9.19. The van der Waals surface area contributed by atoms with Gasteiger partial charge in [-0.15, -0.1) is 0 Å². The van der Waals surface area contributed by atoms with Gasteiger partial charge in [0.1, 0.15) is 16.6 Å². The number of nitrogens with zero attached hydrogens (tertiary/aromatic N) is 2. The molecule has 1 N–H and O–H groups in total. The highest BCUT2D eigenvalue weighted by molar-refractivity contribution is 6.34. The molecule has 2 heterocycles. The number of halogens is 2. The van der Waals surface area contributed by atoms with Crippen LogP contribution in [0, 0.1) is 0 Å². The van der Waals surface area contributed by atoms with E-state index in [-0.39, 0.29) is 6.04 Å². The van der Waals surface area contributed by atoms with Crippen molar-refractivity contribution >= 4 is 23.2 Å². The molecule has 0 aliphatic carbocycles. The third-order valence-electron chi connectivity index (χ3n) is 2.20. The molecular weight excluding hydrogens is 209 g/mol. The lowest BCUT2D eigenvalue weighted by Gasteiger charge is -2.12. The van der Waals surface area contributed by atoms with Crippen molar-refractivity contribution in [2.24, 2.45) is 0 Å². The maximum absolute atomic E-state index is 5.93. The lowest BCUT2D eigenvalue weighted by atomic mass is 10.1. The molecule has 1 saturated heterocycles. The van der Waals surface area contributed by atoms with Crippen molar-refractivity contribution in [3.05, 3.63) is 22.2 Å². The van der Waals surface area contributed by atoms with Crippen LogP contribution in [0.3, 0.4) is 0 Å².